The summed E-state index contributed by atoms with van der Waals surface area (Å²) in [4.78, 5) is 17.4. The fraction of sp³-hybridized carbons (Fsp3) is 0.333. The average molecular weight is 324 g/mol. The van der Waals surface area contributed by atoms with Crippen LogP contribution >= 0.6 is 0 Å². The van der Waals surface area contributed by atoms with Gasteiger partial charge in [0.25, 0.3) is 0 Å². The van der Waals surface area contributed by atoms with Gasteiger partial charge in [-0.05, 0) is 5.56 Å². The van der Waals surface area contributed by atoms with Crippen molar-refractivity contribution in [3.8, 4) is 0 Å². The van der Waals surface area contributed by atoms with Crippen LogP contribution in [-0.4, -0.2) is 38.7 Å². The van der Waals surface area contributed by atoms with E-state index >= 15 is 0 Å². The normalized spacial score (nSPS) is 10.8. The molecule has 6 nitrogen and oxygen atoms in total. The minimum absolute atomic E-state index is 0.0667. The van der Waals surface area contributed by atoms with Crippen LogP contribution in [0.3, 0.4) is 0 Å². The van der Waals surface area contributed by atoms with Gasteiger partial charge >= 0.3 is 12.6 Å². The lowest BCUT2D eigenvalue weighted by Gasteiger charge is -2.22. The van der Waals surface area contributed by atoms with E-state index in [2.05, 4.69) is 10.3 Å². The highest BCUT2D eigenvalue weighted by Crippen LogP contribution is 2.12. The summed E-state index contributed by atoms with van der Waals surface area (Å²) in [6, 6.07) is 8.84. The number of aliphatic hydroxyl groups is 1. The highest BCUT2D eigenvalue weighted by molar-refractivity contribution is 5.74. The molecular weight excluding hydrogens is 306 g/mol. The van der Waals surface area contributed by atoms with Crippen molar-refractivity contribution < 1.29 is 18.7 Å². The zero-order valence-electron chi connectivity index (χ0n) is 12.4. The Morgan fingerprint density at radius 2 is 2.09 bits per heavy atom. The van der Waals surface area contributed by atoms with Crippen molar-refractivity contribution in [2.75, 3.05) is 13.2 Å². The molecule has 124 valence electrons. The lowest BCUT2D eigenvalue weighted by atomic mass is 10.2. The summed E-state index contributed by atoms with van der Waals surface area (Å²) >= 11 is 0. The number of aliphatic hydroxyl groups excluding tert-OH is 1. The Labute approximate surface area is 132 Å². The summed E-state index contributed by atoms with van der Waals surface area (Å²) in [7, 11) is 0. The Balaban J connectivity index is 1.96. The molecule has 0 aliphatic carbocycles. The Morgan fingerprint density at radius 1 is 1.35 bits per heavy atom. The van der Waals surface area contributed by atoms with E-state index in [1.54, 1.807) is 0 Å². The molecule has 0 unspecified atom stereocenters. The molecule has 0 radical (unpaired) electrons. The summed E-state index contributed by atoms with van der Waals surface area (Å²) in [5.41, 5.74) is 0.908. The van der Waals surface area contributed by atoms with Gasteiger partial charge in [-0.25, -0.2) is 9.78 Å². The molecule has 0 fully saturated rings. The van der Waals surface area contributed by atoms with Gasteiger partial charge in [0.1, 0.15) is 5.82 Å². The van der Waals surface area contributed by atoms with Gasteiger partial charge in [0.2, 0.25) is 0 Å². The third-order valence-electron chi connectivity index (χ3n) is 3.23. The fourth-order valence-corrected chi connectivity index (χ4v) is 2.10. The molecule has 0 saturated heterocycles. The minimum atomic E-state index is -2.71. The number of aromatic nitrogens is 2. The largest absolute Gasteiger partial charge is 0.395 e. The molecule has 1 aromatic heterocycles. The second-order valence-corrected chi connectivity index (χ2v) is 4.82. The second kappa shape index (κ2) is 8.23. The molecule has 0 aliphatic rings. The number of halogens is 2. The van der Waals surface area contributed by atoms with Crippen molar-refractivity contribution in [3.05, 3.63) is 54.1 Å². The number of nitrogens with zero attached hydrogens (tertiary/aromatic N) is 3. The third kappa shape index (κ3) is 4.75. The maximum Gasteiger partial charge on any atom is 0.319 e. The number of amides is 2. The average Bonchev–Trinajstić information content (AvgIpc) is 3.02. The molecule has 8 heteroatoms. The van der Waals surface area contributed by atoms with E-state index in [4.69, 9.17) is 5.11 Å². The maximum absolute atomic E-state index is 12.7. The van der Waals surface area contributed by atoms with Crippen LogP contribution in [0.1, 0.15) is 17.9 Å². The van der Waals surface area contributed by atoms with Crippen LogP contribution in [0, 0.1) is 0 Å². The molecular formula is C15H18F2N4O2. The molecule has 0 atom stereocenters. The van der Waals surface area contributed by atoms with Crippen LogP contribution in [0.15, 0.2) is 42.7 Å². The number of hydrogen-bond donors (Lipinski definition) is 2. The van der Waals surface area contributed by atoms with E-state index in [1.165, 1.54) is 11.1 Å². The predicted molar refractivity (Wildman–Crippen MR) is 79.7 cm³/mol. The van der Waals surface area contributed by atoms with Gasteiger partial charge in [-0.1, -0.05) is 30.3 Å². The van der Waals surface area contributed by atoms with E-state index in [0.29, 0.717) is 11.1 Å². The van der Waals surface area contributed by atoms with Crippen LogP contribution in [0.4, 0.5) is 13.6 Å². The standard InChI is InChI=1S/C15H18F2N4O2/c16-14(17)21-7-6-18-13(21)10-19-15(23)20(8-9-22)11-12-4-2-1-3-5-12/h1-7,14,22H,8-11H2,(H,19,23). The van der Waals surface area contributed by atoms with Gasteiger partial charge in [-0.2, -0.15) is 8.78 Å². The molecule has 1 heterocycles. The van der Waals surface area contributed by atoms with Gasteiger partial charge < -0.3 is 15.3 Å². The van der Waals surface area contributed by atoms with Crippen LogP contribution in [0.5, 0.6) is 0 Å². The Morgan fingerprint density at radius 3 is 2.74 bits per heavy atom. The zero-order valence-corrected chi connectivity index (χ0v) is 12.4. The summed E-state index contributed by atoms with van der Waals surface area (Å²) in [5, 5.41) is 11.6. The molecule has 2 aromatic rings. The topological polar surface area (TPSA) is 70.4 Å². The van der Waals surface area contributed by atoms with E-state index in [1.807, 2.05) is 30.3 Å². The number of hydrogen-bond acceptors (Lipinski definition) is 3. The number of nitrogens with one attached hydrogen (secondary N) is 1. The Bertz CT molecular complexity index is 619. The van der Waals surface area contributed by atoms with Gasteiger partial charge in [-0.15, -0.1) is 0 Å². The zero-order chi connectivity index (χ0) is 16.7. The lowest BCUT2D eigenvalue weighted by molar-refractivity contribution is 0.0666. The lowest BCUT2D eigenvalue weighted by Crippen LogP contribution is -2.41. The third-order valence-corrected chi connectivity index (χ3v) is 3.23. The van der Waals surface area contributed by atoms with Crippen LogP contribution in [0.2, 0.25) is 0 Å². The quantitative estimate of drug-likeness (QED) is 0.818. The summed E-state index contributed by atoms with van der Waals surface area (Å²) in [5.74, 6) is 0.0667. The molecule has 0 saturated carbocycles. The van der Waals surface area contributed by atoms with Gasteiger partial charge in [0, 0.05) is 25.5 Å². The van der Waals surface area contributed by atoms with Gasteiger partial charge in [0.05, 0.1) is 13.2 Å². The first kappa shape index (κ1) is 16.9. The number of urea groups is 1. The summed E-state index contributed by atoms with van der Waals surface area (Å²) < 4.78 is 26.1. The number of rotatable bonds is 7. The Hall–Kier alpha value is -2.48. The van der Waals surface area contributed by atoms with Crippen molar-refractivity contribution in [2.24, 2.45) is 0 Å². The highest BCUT2D eigenvalue weighted by Gasteiger charge is 2.16. The van der Waals surface area contributed by atoms with Gasteiger partial charge in [-0.3, -0.25) is 4.57 Å². The highest BCUT2D eigenvalue weighted by atomic mass is 19.3. The Kier molecular flexibility index (Phi) is 6.04. The first-order chi connectivity index (χ1) is 11.1. The molecule has 2 amide bonds. The van der Waals surface area contributed by atoms with Crippen LogP contribution in [-0.2, 0) is 13.1 Å². The minimum Gasteiger partial charge on any atom is -0.395 e. The van der Waals surface area contributed by atoms with Crippen molar-refractivity contribution in [2.45, 2.75) is 19.6 Å². The number of imidazole rings is 1. The second-order valence-electron chi connectivity index (χ2n) is 4.82. The molecule has 0 bridgehead atoms. The van der Waals surface area contributed by atoms with Crippen molar-refractivity contribution in [1.82, 2.24) is 19.8 Å². The predicted octanol–water partition coefficient (Wildman–Crippen LogP) is 1.98. The number of benzene rings is 1. The van der Waals surface area contributed by atoms with Crippen molar-refractivity contribution >= 4 is 6.03 Å². The van der Waals surface area contributed by atoms with Crippen LogP contribution < -0.4 is 5.32 Å². The monoisotopic (exact) mass is 324 g/mol. The van der Waals surface area contributed by atoms with Gasteiger partial charge in [0.15, 0.2) is 0 Å². The molecule has 23 heavy (non-hydrogen) atoms. The first-order valence-electron chi connectivity index (χ1n) is 7.09. The number of carbonyl (C=O) groups excluding carboxylic acids is 1. The molecule has 0 aliphatic heterocycles. The summed E-state index contributed by atoms with van der Waals surface area (Å²) in [6.07, 6.45) is 2.41. The summed E-state index contributed by atoms with van der Waals surface area (Å²) in [6.45, 7) is -2.55. The molecule has 2 N–H and O–H groups in total. The van der Waals surface area contributed by atoms with Crippen molar-refractivity contribution in [3.63, 3.8) is 0 Å². The first-order valence-corrected chi connectivity index (χ1v) is 7.09. The van der Waals surface area contributed by atoms with Crippen LogP contribution in [0.25, 0.3) is 0 Å². The molecule has 0 spiro atoms. The van der Waals surface area contributed by atoms with Crippen molar-refractivity contribution in [1.29, 1.82) is 0 Å². The van der Waals surface area contributed by atoms with E-state index in [-0.39, 0.29) is 25.5 Å². The maximum atomic E-state index is 12.7. The SMILES string of the molecule is O=C(NCc1nccn1C(F)F)N(CCO)Cc1ccccc1. The molecule has 1 aromatic carbocycles. The van der Waals surface area contributed by atoms with E-state index in [0.717, 1.165) is 11.8 Å². The number of alkyl halides is 2. The van der Waals surface area contributed by atoms with E-state index < -0.39 is 12.6 Å². The smallest absolute Gasteiger partial charge is 0.319 e. The van der Waals surface area contributed by atoms with E-state index in [9.17, 15) is 13.6 Å². The fourth-order valence-electron chi connectivity index (χ4n) is 2.10. The molecule has 2 rings (SSSR count). The number of carbonyl (C=O) groups is 1.